The molecule has 3 aliphatic rings. The van der Waals surface area contributed by atoms with Crippen LogP contribution >= 0.6 is 0 Å². The molecule has 3 aliphatic heterocycles. The van der Waals surface area contributed by atoms with Crippen LogP contribution < -0.4 is 0 Å². The molecule has 1 aromatic carbocycles. The topological polar surface area (TPSA) is 16.2 Å². The van der Waals surface area contributed by atoms with Crippen LogP contribution in [-0.4, -0.2) is 117 Å². The van der Waals surface area contributed by atoms with E-state index in [1.54, 1.807) is 0 Å². The first-order valence-corrected chi connectivity index (χ1v) is 12.6. The summed E-state index contributed by atoms with van der Waals surface area (Å²) >= 11 is 0. The van der Waals surface area contributed by atoms with Gasteiger partial charge in [0.1, 0.15) is 0 Å². The van der Waals surface area contributed by atoms with Gasteiger partial charge in [-0.05, 0) is 59.6 Å². The van der Waals surface area contributed by atoms with Crippen LogP contribution in [0.2, 0.25) is 0 Å². The van der Waals surface area contributed by atoms with E-state index in [0.29, 0.717) is 0 Å². The molecular formula is C26H49N5. The van der Waals surface area contributed by atoms with Crippen molar-refractivity contribution < 1.29 is 0 Å². The van der Waals surface area contributed by atoms with Crippen LogP contribution in [-0.2, 0) is 6.54 Å². The van der Waals surface area contributed by atoms with Crippen LogP contribution in [0.15, 0.2) is 24.3 Å². The largest absolute Gasteiger partial charge is 0.304 e. The summed E-state index contributed by atoms with van der Waals surface area (Å²) in [4.78, 5) is 12.5. The van der Waals surface area contributed by atoms with Gasteiger partial charge in [-0.25, -0.2) is 0 Å². The third kappa shape index (κ3) is 9.58. The van der Waals surface area contributed by atoms with E-state index in [4.69, 9.17) is 0 Å². The highest BCUT2D eigenvalue weighted by Gasteiger charge is 2.26. The molecule has 31 heavy (non-hydrogen) atoms. The van der Waals surface area contributed by atoms with Crippen LogP contribution in [0.4, 0.5) is 0 Å². The van der Waals surface area contributed by atoms with Crippen LogP contribution in [0.5, 0.6) is 0 Å². The van der Waals surface area contributed by atoms with Crippen molar-refractivity contribution in [2.75, 3.05) is 86.6 Å². The van der Waals surface area contributed by atoms with E-state index in [9.17, 15) is 0 Å². The molecule has 0 radical (unpaired) electrons. The zero-order valence-electron chi connectivity index (χ0n) is 21.3. The van der Waals surface area contributed by atoms with Gasteiger partial charge in [0.25, 0.3) is 0 Å². The predicted octanol–water partition coefficient (Wildman–Crippen LogP) is 3.10. The van der Waals surface area contributed by atoms with Gasteiger partial charge in [-0.1, -0.05) is 43.7 Å². The standard InChI is InChI=1S/C18H29N3.C6H14N2.C2H6/c1-16-3-5-17(6-4-16)15-20-9-7-18(8-10-20)21-13-11-19(2)12-14-21;1-7-3-5-8(2)6-4-7;1-2/h3-6,18H,7-15H2,1-2H3;3-6H2,1-2H3;1-2H3. The molecular weight excluding hydrogens is 382 g/mol. The molecule has 0 aromatic heterocycles. The summed E-state index contributed by atoms with van der Waals surface area (Å²) in [6.07, 6.45) is 2.69. The summed E-state index contributed by atoms with van der Waals surface area (Å²) in [7, 11) is 6.58. The molecule has 0 bridgehead atoms. The lowest BCUT2D eigenvalue weighted by molar-refractivity contribution is 0.0658. The first kappa shape index (κ1) is 26.3. The minimum absolute atomic E-state index is 0.827. The summed E-state index contributed by atoms with van der Waals surface area (Å²) in [6, 6.07) is 9.84. The molecule has 0 spiro atoms. The van der Waals surface area contributed by atoms with Gasteiger partial charge in [0.05, 0.1) is 0 Å². The highest BCUT2D eigenvalue weighted by Crippen LogP contribution is 2.19. The van der Waals surface area contributed by atoms with Crippen molar-refractivity contribution in [1.29, 1.82) is 0 Å². The summed E-state index contributed by atoms with van der Waals surface area (Å²) in [5.41, 5.74) is 2.81. The molecule has 1 aromatic rings. The van der Waals surface area contributed by atoms with Crippen molar-refractivity contribution in [2.24, 2.45) is 0 Å². The molecule has 5 nitrogen and oxygen atoms in total. The zero-order chi connectivity index (χ0) is 22.6. The second-order valence-corrected chi connectivity index (χ2v) is 9.44. The number of benzene rings is 1. The maximum absolute atomic E-state index is 2.73. The zero-order valence-corrected chi connectivity index (χ0v) is 21.3. The summed E-state index contributed by atoms with van der Waals surface area (Å²) in [6.45, 7) is 19.7. The highest BCUT2D eigenvalue weighted by atomic mass is 15.3. The number of piperidine rings is 1. The Balaban J connectivity index is 0.000000286. The fourth-order valence-electron chi connectivity index (χ4n) is 4.49. The van der Waals surface area contributed by atoms with E-state index in [1.807, 2.05) is 13.8 Å². The van der Waals surface area contributed by atoms with Crippen molar-refractivity contribution in [1.82, 2.24) is 24.5 Å². The quantitative estimate of drug-likeness (QED) is 0.729. The van der Waals surface area contributed by atoms with Crippen LogP contribution in [0.3, 0.4) is 0 Å². The molecule has 0 saturated carbocycles. The van der Waals surface area contributed by atoms with E-state index in [2.05, 4.69) is 76.8 Å². The molecule has 0 aliphatic carbocycles. The molecule has 3 heterocycles. The third-order valence-electron chi connectivity index (χ3n) is 6.87. The lowest BCUT2D eigenvalue weighted by Crippen LogP contribution is -2.52. The summed E-state index contributed by atoms with van der Waals surface area (Å²) in [5, 5.41) is 0. The Bertz CT molecular complexity index is 556. The van der Waals surface area contributed by atoms with E-state index < -0.39 is 0 Å². The molecule has 178 valence electrons. The number of hydrogen-bond acceptors (Lipinski definition) is 5. The van der Waals surface area contributed by atoms with Crippen LogP contribution in [0, 0.1) is 6.92 Å². The molecule has 0 amide bonds. The second-order valence-electron chi connectivity index (χ2n) is 9.44. The number of piperazine rings is 2. The lowest BCUT2D eigenvalue weighted by Gasteiger charge is -2.42. The number of likely N-dealkylation sites (N-methyl/N-ethyl adjacent to an activating group) is 3. The van der Waals surface area contributed by atoms with Gasteiger partial charge in [0, 0.05) is 64.9 Å². The Kier molecular flexibility index (Phi) is 12.1. The molecule has 4 rings (SSSR count). The lowest BCUT2D eigenvalue weighted by atomic mass is 10.0. The normalized spacial score (nSPS) is 22.9. The maximum atomic E-state index is 2.73. The minimum Gasteiger partial charge on any atom is -0.304 e. The molecule has 3 saturated heterocycles. The van der Waals surface area contributed by atoms with Crippen molar-refractivity contribution in [3.05, 3.63) is 35.4 Å². The Labute approximate surface area is 193 Å². The van der Waals surface area contributed by atoms with Crippen molar-refractivity contribution >= 4 is 0 Å². The van der Waals surface area contributed by atoms with Gasteiger partial charge in [-0.2, -0.15) is 0 Å². The average molecular weight is 432 g/mol. The van der Waals surface area contributed by atoms with Crippen molar-refractivity contribution in [2.45, 2.75) is 46.2 Å². The van der Waals surface area contributed by atoms with Gasteiger partial charge >= 0.3 is 0 Å². The van der Waals surface area contributed by atoms with Crippen molar-refractivity contribution in [3.63, 3.8) is 0 Å². The third-order valence-corrected chi connectivity index (χ3v) is 6.87. The average Bonchev–Trinajstić information content (AvgIpc) is 2.80. The van der Waals surface area contributed by atoms with E-state index in [1.165, 1.54) is 89.4 Å². The smallest absolute Gasteiger partial charge is 0.0233 e. The Morgan fingerprint density at radius 2 is 1.06 bits per heavy atom. The minimum atomic E-state index is 0.827. The Morgan fingerprint density at radius 1 is 0.645 bits per heavy atom. The molecule has 0 atom stereocenters. The number of aryl methyl sites for hydroxylation is 1. The van der Waals surface area contributed by atoms with Gasteiger partial charge in [0.15, 0.2) is 0 Å². The van der Waals surface area contributed by atoms with Crippen LogP contribution in [0.25, 0.3) is 0 Å². The summed E-state index contributed by atoms with van der Waals surface area (Å²) in [5.74, 6) is 0. The van der Waals surface area contributed by atoms with Gasteiger partial charge in [-0.15, -0.1) is 0 Å². The SMILES string of the molecule is CC.CN1CCN(C)CC1.Cc1ccc(CN2CCC(N3CCN(C)CC3)CC2)cc1. The number of rotatable bonds is 3. The van der Waals surface area contributed by atoms with Gasteiger partial charge < -0.3 is 14.7 Å². The van der Waals surface area contributed by atoms with E-state index in [-0.39, 0.29) is 0 Å². The number of hydrogen-bond donors (Lipinski definition) is 0. The van der Waals surface area contributed by atoms with Gasteiger partial charge in [0.2, 0.25) is 0 Å². The Hall–Kier alpha value is -0.980. The van der Waals surface area contributed by atoms with Crippen LogP contribution in [0.1, 0.15) is 37.8 Å². The molecule has 3 fully saturated rings. The van der Waals surface area contributed by atoms with Crippen molar-refractivity contribution in [3.8, 4) is 0 Å². The number of likely N-dealkylation sites (tertiary alicyclic amines) is 1. The Morgan fingerprint density at radius 3 is 1.52 bits per heavy atom. The highest BCUT2D eigenvalue weighted by molar-refractivity contribution is 5.21. The van der Waals surface area contributed by atoms with E-state index in [0.717, 1.165) is 12.6 Å². The number of nitrogens with zero attached hydrogens (tertiary/aromatic N) is 5. The first-order chi connectivity index (χ1) is 15.0. The maximum Gasteiger partial charge on any atom is 0.0233 e. The molecule has 0 unspecified atom stereocenters. The van der Waals surface area contributed by atoms with Gasteiger partial charge in [-0.3, -0.25) is 9.80 Å². The fourth-order valence-corrected chi connectivity index (χ4v) is 4.49. The first-order valence-electron chi connectivity index (χ1n) is 12.6. The fraction of sp³-hybridized carbons (Fsp3) is 0.769. The predicted molar refractivity (Wildman–Crippen MR) is 135 cm³/mol. The van der Waals surface area contributed by atoms with E-state index >= 15 is 0 Å². The second kappa shape index (κ2) is 14.2. The molecule has 5 heteroatoms. The summed E-state index contributed by atoms with van der Waals surface area (Å²) < 4.78 is 0. The molecule has 0 N–H and O–H groups in total. The monoisotopic (exact) mass is 431 g/mol.